The molecule has 86 valence electrons. The van der Waals surface area contributed by atoms with Gasteiger partial charge in [-0.05, 0) is 6.07 Å². The average Bonchev–Trinajstić information content (AvgIpc) is 2.28. The molecule has 0 bridgehead atoms. The number of amidine groups is 1. The summed E-state index contributed by atoms with van der Waals surface area (Å²) in [4.78, 5) is 26.2. The Morgan fingerprint density at radius 2 is 2.31 bits per heavy atom. The lowest BCUT2D eigenvalue weighted by Gasteiger charge is -2.15. The summed E-state index contributed by atoms with van der Waals surface area (Å²) < 4.78 is 0. The molecule has 0 radical (unpaired) electrons. The summed E-state index contributed by atoms with van der Waals surface area (Å²) in [6.07, 6.45) is 1.31. The molecule has 1 amide bonds. The van der Waals surface area contributed by atoms with Crippen molar-refractivity contribution < 1.29 is 10.0 Å². The third-order valence-electron chi connectivity index (χ3n) is 1.91. The molecule has 0 saturated heterocycles. The minimum atomic E-state index is -0.331. The number of nitrogens with zero attached hydrogens (tertiary/aromatic N) is 2. The van der Waals surface area contributed by atoms with E-state index >= 15 is 0 Å². The Balaban J connectivity index is 2.78. The van der Waals surface area contributed by atoms with E-state index in [4.69, 9.17) is 10.9 Å². The molecule has 0 aliphatic carbocycles. The molecule has 7 heteroatoms. The highest BCUT2D eigenvalue weighted by atomic mass is 16.4. The number of oxime groups is 1. The fourth-order valence-electron chi connectivity index (χ4n) is 1.11. The molecule has 0 spiro atoms. The minimum absolute atomic E-state index is 0.00839. The lowest BCUT2D eigenvalue weighted by molar-refractivity contribution is 0.0813. The van der Waals surface area contributed by atoms with Crippen molar-refractivity contribution in [2.24, 2.45) is 10.9 Å². The SMILES string of the molecule is CN(C/C(N)=N/O)C(=O)c1ccc(=O)[nH]c1. The first-order valence-corrected chi connectivity index (χ1v) is 4.45. The molecule has 1 rings (SSSR count). The molecule has 4 N–H and O–H groups in total. The third kappa shape index (κ3) is 2.84. The predicted octanol–water partition coefficient (Wildman–Crippen LogP) is -0.807. The second-order valence-corrected chi connectivity index (χ2v) is 3.19. The lowest BCUT2D eigenvalue weighted by Crippen LogP contribution is -2.35. The normalized spacial score (nSPS) is 11.2. The zero-order valence-electron chi connectivity index (χ0n) is 8.67. The number of aromatic amines is 1. The van der Waals surface area contributed by atoms with Gasteiger partial charge in [-0.3, -0.25) is 9.59 Å². The molecule has 0 saturated carbocycles. The topological polar surface area (TPSA) is 112 Å². The number of amides is 1. The van der Waals surface area contributed by atoms with Crippen LogP contribution in [0.2, 0.25) is 0 Å². The largest absolute Gasteiger partial charge is 0.409 e. The van der Waals surface area contributed by atoms with Crippen molar-refractivity contribution in [1.82, 2.24) is 9.88 Å². The van der Waals surface area contributed by atoms with Gasteiger partial charge >= 0.3 is 0 Å². The van der Waals surface area contributed by atoms with E-state index in [1.165, 1.54) is 30.3 Å². The van der Waals surface area contributed by atoms with Gasteiger partial charge in [0.1, 0.15) is 0 Å². The number of hydrogen-bond donors (Lipinski definition) is 3. The quantitative estimate of drug-likeness (QED) is 0.270. The van der Waals surface area contributed by atoms with Gasteiger partial charge in [-0.25, -0.2) is 0 Å². The minimum Gasteiger partial charge on any atom is -0.409 e. The number of rotatable bonds is 3. The van der Waals surface area contributed by atoms with Gasteiger partial charge in [-0.2, -0.15) is 0 Å². The molecule has 16 heavy (non-hydrogen) atoms. The maximum Gasteiger partial charge on any atom is 0.255 e. The van der Waals surface area contributed by atoms with E-state index in [2.05, 4.69) is 10.1 Å². The molecular weight excluding hydrogens is 212 g/mol. The van der Waals surface area contributed by atoms with Gasteiger partial charge in [0.2, 0.25) is 5.56 Å². The summed E-state index contributed by atoms with van der Waals surface area (Å²) in [7, 11) is 1.51. The van der Waals surface area contributed by atoms with Gasteiger partial charge in [0, 0.05) is 19.3 Å². The second kappa shape index (κ2) is 4.96. The number of pyridine rings is 1. The number of nitrogens with two attached hydrogens (primary N) is 1. The zero-order chi connectivity index (χ0) is 12.1. The van der Waals surface area contributed by atoms with Crippen molar-refractivity contribution in [3.63, 3.8) is 0 Å². The van der Waals surface area contributed by atoms with Crippen molar-refractivity contribution in [2.45, 2.75) is 0 Å². The van der Waals surface area contributed by atoms with Crippen LogP contribution in [0, 0.1) is 0 Å². The summed E-state index contributed by atoms with van der Waals surface area (Å²) in [5, 5.41) is 11.1. The summed E-state index contributed by atoms with van der Waals surface area (Å²) in [6.45, 7) is 0.00839. The maximum atomic E-state index is 11.7. The standard InChI is InChI=1S/C9H12N4O3/c1-13(5-7(10)12-16)9(15)6-2-3-8(14)11-4-6/h2-4,16H,5H2,1H3,(H2,10,12)(H,11,14). The van der Waals surface area contributed by atoms with Crippen LogP contribution in [-0.2, 0) is 0 Å². The van der Waals surface area contributed by atoms with Crippen LogP contribution in [-0.4, -0.2) is 40.4 Å². The van der Waals surface area contributed by atoms with Crippen molar-refractivity contribution in [3.05, 3.63) is 34.2 Å². The Bertz CT molecular complexity index is 446. The highest BCUT2D eigenvalue weighted by Gasteiger charge is 2.12. The van der Waals surface area contributed by atoms with Crippen LogP contribution < -0.4 is 11.3 Å². The molecule has 0 atom stereocenters. The van der Waals surface area contributed by atoms with Gasteiger partial charge in [-0.15, -0.1) is 0 Å². The van der Waals surface area contributed by atoms with Crippen LogP contribution in [0.4, 0.5) is 0 Å². The monoisotopic (exact) mass is 224 g/mol. The molecule has 0 aliphatic rings. The molecule has 1 aromatic rings. The van der Waals surface area contributed by atoms with Gasteiger partial charge < -0.3 is 20.8 Å². The zero-order valence-corrected chi connectivity index (χ0v) is 8.67. The van der Waals surface area contributed by atoms with Crippen LogP contribution in [0.3, 0.4) is 0 Å². The Labute approximate surface area is 91.2 Å². The molecule has 1 heterocycles. The van der Waals surface area contributed by atoms with Crippen LogP contribution >= 0.6 is 0 Å². The van der Waals surface area contributed by atoms with Crippen molar-refractivity contribution in [1.29, 1.82) is 0 Å². The van der Waals surface area contributed by atoms with Crippen LogP contribution in [0.15, 0.2) is 28.3 Å². The number of hydrogen-bond acceptors (Lipinski definition) is 4. The average molecular weight is 224 g/mol. The number of nitrogens with one attached hydrogen (secondary N) is 1. The lowest BCUT2D eigenvalue weighted by atomic mass is 10.2. The van der Waals surface area contributed by atoms with E-state index < -0.39 is 0 Å². The maximum absolute atomic E-state index is 11.7. The first kappa shape index (κ1) is 11.8. The number of carbonyl (C=O) groups is 1. The van der Waals surface area contributed by atoms with Gasteiger partial charge in [0.15, 0.2) is 5.84 Å². The third-order valence-corrected chi connectivity index (χ3v) is 1.91. The summed E-state index contributed by atoms with van der Waals surface area (Å²) in [5.74, 6) is -0.400. The predicted molar refractivity (Wildman–Crippen MR) is 57.4 cm³/mol. The van der Waals surface area contributed by atoms with Crippen molar-refractivity contribution in [3.8, 4) is 0 Å². The van der Waals surface area contributed by atoms with Gasteiger partial charge in [0.25, 0.3) is 5.91 Å². The van der Waals surface area contributed by atoms with E-state index in [-0.39, 0.29) is 23.8 Å². The summed E-state index contributed by atoms with van der Waals surface area (Å²) in [5.41, 5.74) is 5.31. The fourth-order valence-corrected chi connectivity index (χ4v) is 1.11. The molecule has 0 aliphatic heterocycles. The molecule has 0 fully saturated rings. The summed E-state index contributed by atoms with van der Waals surface area (Å²) in [6, 6.07) is 2.66. The molecule has 7 nitrogen and oxygen atoms in total. The van der Waals surface area contributed by atoms with Gasteiger partial charge in [0.05, 0.1) is 12.1 Å². The number of likely N-dealkylation sites (N-methyl/N-ethyl adjacent to an activating group) is 1. The Hall–Kier alpha value is -2.31. The second-order valence-electron chi connectivity index (χ2n) is 3.19. The van der Waals surface area contributed by atoms with E-state index in [9.17, 15) is 9.59 Å². The van der Waals surface area contributed by atoms with Gasteiger partial charge in [-0.1, -0.05) is 5.16 Å². The first-order chi connectivity index (χ1) is 7.54. The van der Waals surface area contributed by atoms with Crippen molar-refractivity contribution >= 4 is 11.7 Å². The smallest absolute Gasteiger partial charge is 0.255 e. The fraction of sp³-hybridized carbons (Fsp3) is 0.222. The molecular formula is C9H12N4O3. The van der Waals surface area contributed by atoms with Crippen molar-refractivity contribution in [2.75, 3.05) is 13.6 Å². The highest BCUT2D eigenvalue weighted by molar-refractivity contribution is 5.96. The Morgan fingerprint density at radius 1 is 1.62 bits per heavy atom. The van der Waals surface area contributed by atoms with Crippen LogP contribution in [0.5, 0.6) is 0 Å². The van der Waals surface area contributed by atoms with E-state index in [1.54, 1.807) is 0 Å². The number of aromatic nitrogens is 1. The highest BCUT2D eigenvalue weighted by Crippen LogP contribution is 1.99. The van der Waals surface area contributed by atoms with Crippen LogP contribution in [0.1, 0.15) is 10.4 Å². The number of H-pyrrole nitrogens is 1. The van der Waals surface area contributed by atoms with E-state index in [1.807, 2.05) is 0 Å². The Kier molecular flexibility index (Phi) is 3.65. The molecule has 1 aromatic heterocycles. The van der Waals surface area contributed by atoms with E-state index in [0.717, 1.165) is 0 Å². The molecule has 0 unspecified atom stereocenters. The van der Waals surface area contributed by atoms with E-state index in [0.29, 0.717) is 5.56 Å². The first-order valence-electron chi connectivity index (χ1n) is 4.45. The summed E-state index contributed by atoms with van der Waals surface area (Å²) >= 11 is 0. The van der Waals surface area contributed by atoms with Crippen LogP contribution in [0.25, 0.3) is 0 Å². The Morgan fingerprint density at radius 3 is 2.81 bits per heavy atom. The molecule has 0 aromatic carbocycles. The number of carbonyl (C=O) groups excluding carboxylic acids is 1.